The average molecular weight is 474 g/mol. The van der Waals surface area contributed by atoms with Crippen LogP contribution in [0.2, 0.25) is 0 Å². The van der Waals surface area contributed by atoms with Crippen LogP contribution in [0.3, 0.4) is 0 Å². The molecule has 4 aliphatic rings. The van der Waals surface area contributed by atoms with E-state index < -0.39 is 59.7 Å². The highest BCUT2D eigenvalue weighted by Crippen LogP contribution is 2.67. The maximum Gasteiger partial charge on any atom is 0.306 e. The number of carboxylic acids is 1. The van der Waals surface area contributed by atoms with Gasteiger partial charge in [-0.1, -0.05) is 32.4 Å². The Morgan fingerprint density at radius 1 is 1.24 bits per heavy atom. The lowest BCUT2D eigenvalue weighted by atomic mass is 9.45. The van der Waals surface area contributed by atoms with Crippen molar-refractivity contribution in [3.8, 4) is 0 Å². The third-order valence-electron chi connectivity index (χ3n) is 9.33. The van der Waals surface area contributed by atoms with Crippen LogP contribution in [0.1, 0.15) is 59.3 Å². The zero-order valence-electron chi connectivity index (χ0n) is 19.9. The first-order valence-electron chi connectivity index (χ1n) is 12.1. The lowest BCUT2D eigenvalue weighted by molar-refractivity contribution is -0.305. The van der Waals surface area contributed by atoms with Crippen LogP contribution in [-0.2, 0) is 23.9 Å². The number of hydrogen-bond donors (Lipinski definition) is 2. The molecule has 8 nitrogen and oxygen atoms in total. The number of Topliss-reactive ketones (excluding diaryl/α,β-unsaturated/α-hetero) is 1. The molecule has 8 atom stereocenters. The van der Waals surface area contributed by atoms with Gasteiger partial charge in [-0.2, -0.15) is 0 Å². The van der Waals surface area contributed by atoms with Gasteiger partial charge in [-0.05, 0) is 62.0 Å². The van der Waals surface area contributed by atoms with Crippen molar-refractivity contribution in [3.05, 3.63) is 23.8 Å². The van der Waals surface area contributed by atoms with Crippen LogP contribution < -0.4 is 5.11 Å². The lowest BCUT2D eigenvalue weighted by Gasteiger charge is -2.60. The summed E-state index contributed by atoms with van der Waals surface area (Å²) in [5.41, 5.74) is -2.07. The van der Waals surface area contributed by atoms with Gasteiger partial charge in [0.25, 0.3) is 0 Å². The van der Waals surface area contributed by atoms with Crippen LogP contribution >= 0.6 is 0 Å². The molecule has 8 heteroatoms. The summed E-state index contributed by atoms with van der Waals surface area (Å²) >= 11 is 0. The van der Waals surface area contributed by atoms with E-state index in [4.69, 9.17) is 4.74 Å². The molecule has 8 unspecified atom stereocenters. The number of carbonyl (C=O) groups is 4. The van der Waals surface area contributed by atoms with Crippen LogP contribution in [0.5, 0.6) is 0 Å². The molecular formula is C26H33O8-. The molecule has 0 amide bonds. The number of ether oxygens (including phenoxy) is 1. The van der Waals surface area contributed by atoms with Gasteiger partial charge in [0.05, 0.1) is 12.5 Å². The maximum absolute atomic E-state index is 13.1. The molecule has 0 aromatic heterocycles. The SMILES string of the molecule is CC1CC2C(C(O)CC3(C)C2CCC3(O)C(=O)COC(=O)CCC(=O)[O-])C2(C)C=CC(=O)C=C12. The van der Waals surface area contributed by atoms with Gasteiger partial charge in [0.1, 0.15) is 5.60 Å². The van der Waals surface area contributed by atoms with Gasteiger partial charge in [-0.3, -0.25) is 14.4 Å². The highest BCUT2D eigenvalue weighted by Gasteiger charge is 2.68. The van der Waals surface area contributed by atoms with Crippen molar-refractivity contribution in [2.45, 2.75) is 71.0 Å². The molecular weight excluding hydrogens is 440 g/mol. The largest absolute Gasteiger partial charge is 0.550 e. The van der Waals surface area contributed by atoms with E-state index in [1.807, 2.05) is 13.0 Å². The Bertz CT molecular complexity index is 981. The molecule has 0 bridgehead atoms. The van der Waals surface area contributed by atoms with Gasteiger partial charge < -0.3 is 24.9 Å². The summed E-state index contributed by atoms with van der Waals surface area (Å²) in [6.45, 7) is 5.36. The van der Waals surface area contributed by atoms with E-state index >= 15 is 0 Å². The van der Waals surface area contributed by atoms with Gasteiger partial charge in [-0.25, -0.2) is 0 Å². The Labute approximate surface area is 199 Å². The number of fused-ring (bicyclic) bond motifs is 5. The molecule has 4 rings (SSSR count). The Balaban J connectivity index is 1.56. The summed E-state index contributed by atoms with van der Waals surface area (Å²) in [6.07, 6.45) is 5.30. The van der Waals surface area contributed by atoms with E-state index in [1.54, 1.807) is 12.2 Å². The topological polar surface area (TPSA) is 141 Å². The van der Waals surface area contributed by atoms with Crippen LogP contribution in [0.4, 0.5) is 0 Å². The molecule has 3 saturated carbocycles. The smallest absolute Gasteiger partial charge is 0.306 e. The molecule has 0 saturated heterocycles. The molecule has 4 aliphatic carbocycles. The first-order valence-corrected chi connectivity index (χ1v) is 12.1. The summed E-state index contributed by atoms with van der Waals surface area (Å²) in [5.74, 6) is -2.85. The Kier molecular flexibility index (Phi) is 6.13. The number of esters is 1. The van der Waals surface area contributed by atoms with E-state index in [0.29, 0.717) is 6.42 Å². The number of aliphatic hydroxyl groups is 2. The minimum Gasteiger partial charge on any atom is -0.550 e. The summed E-state index contributed by atoms with van der Waals surface area (Å²) in [5, 5.41) is 33.6. The molecule has 2 N–H and O–H groups in total. The van der Waals surface area contributed by atoms with Crippen molar-refractivity contribution in [2.24, 2.45) is 34.5 Å². The van der Waals surface area contributed by atoms with Crippen molar-refractivity contribution < 1.29 is 39.2 Å². The predicted molar refractivity (Wildman–Crippen MR) is 118 cm³/mol. The van der Waals surface area contributed by atoms with Gasteiger partial charge >= 0.3 is 5.97 Å². The summed E-state index contributed by atoms with van der Waals surface area (Å²) in [7, 11) is 0. The standard InChI is InChI=1S/C26H34O8/c1-14-10-16-17-7-9-26(33,20(29)13-34-22(32)5-4-21(30)31)25(17,3)12-19(28)23(16)24(2)8-6-15(27)11-18(14)24/h6,8,11,14,16-17,19,23,28,33H,4-5,7,9-10,12-13H2,1-3H3,(H,30,31)/p-1. The maximum atomic E-state index is 13.1. The average Bonchev–Trinajstić information content (AvgIpc) is 3.03. The second-order valence-corrected chi connectivity index (χ2v) is 11.1. The highest BCUT2D eigenvalue weighted by molar-refractivity contribution is 6.01. The highest BCUT2D eigenvalue weighted by atomic mass is 16.5. The van der Waals surface area contributed by atoms with Crippen LogP contribution in [0.25, 0.3) is 0 Å². The van der Waals surface area contributed by atoms with Crippen LogP contribution in [0.15, 0.2) is 23.8 Å². The molecule has 0 aromatic carbocycles. The summed E-state index contributed by atoms with van der Waals surface area (Å²) in [4.78, 5) is 47.5. The van der Waals surface area contributed by atoms with E-state index in [-0.39, 0.29) is 42.3 Å². The zero-order valence-corrected chi connectivity index (χ0v) is 19.9. The quantitative estimate of drug-likeness (QED) is 0.542. The van der Waals surface area contributed by atoms with Gasteiger partial charge in [0.15, 0.2) is 12.4 Å². The molecule has 3 fully saturated rings. The van der Waals surface area contributed by atoms with Crippen LogP contribution in [0, 0.1) is 34.5 Å². The number of allylic oxidation sites excluding steroid dienone is 4. The molecule has 0 radical (unpaired) electrons. The number of hydrogen-bond acceptors (Lipinski definition) is 8. The third-order valence-corrected chi connectivity index (χ3v) is 9.33. The molecule has 34 heavy (non-hydrogen) atoms. The third kappa shape index (κ3) is 3.66. The first-order chi connectivity index (χ1) is 15.8. The Morgan fingerprint density at radius 3 is 2.62 bits per heavy atom. The van der Waals surface area contributed by atoms with Crippen molar-refractivity contribution >= 4 is 23.5 Å². The number of aliphatic carboxylic acids is 1. The number of carbonyl (C=O) groups excluding carboxylic acids is 4. The van der Waals surface area contributed by atoms with Crippen molar-refractivity contribution in [1.82, 2.24) is 0 Å². The normalized spacial score (nSPS) is 42.8. The lowest BCUT2D eigenvalue weighted by Crippen LogP contribution is -2.62. The Morgan fingerprint density at radius 2 is 1.94 bits per heavy atom. The van der Waals surface area contributed by atoms with Crippen molar-refractivity contribution in [1.29, 1.82) is 0 Å². The summed E-state index contributed by atoms with van der Waals surface area (Å²) < 4.78 is 4.95. The number of aliphatic hydroxyl groups excluding tert-OH is 1. The van der Waals surface area contributed by atoms with Gasteiger partial charge in [0.2, 0.25) is 5.78 Å². The van der Waals surface area contributed by atoms with Gasteiger partial charge in [0, 0.05) is 22.7 Å². The fourth-order valence-corrected chi connectivity index (χ4v) is 7.75. The number of carboxylic acid groups (broad SMARTS) is 1. The minimum absolute atomic E-state index is 0.0181. The van der Waals surface area contributed by atoms with E-state index in [0.717, 1.165) is 12.0 Å². The minimum atomic E-state index is -1.75. The van der Waals surface area contributed by atoms with E-state index in [1.165, 1.54) is 0 Å². The molecule has 0 aromatic rings. The first kappa shape index (κ1) is 24.8. The second-order valence-electron chi connectivity index (χ2n) is 11.1. The molecule has 186 valence electrons. The molecule has 0 aliphatic heterocycles. The van der Waals surface area contributed by atoms with Crippen molar-refractivity contribution in [2.75, 3.05) is 6.61 Å². The molecule has 0 heterocycles. The number of rotatable bonds is 6. The second kappa shape index (κ2) is 8.41. The fraction of sp³-hybridized carbons (Fsp3) is 0.692. The molecule has 0 spiro atoms. The van der Waals surface area contributed by atoms with Gasteiger partial charge in [-0.15, -0.1) is 0 Å². The van der Waals surface area contributed by atoms with E-state index in [2.05, 4.69) is 13.8 Å². The predicted octanol–water partition coefficient (Wildman–Crippen LogP) is 0.885. The van der Waals surface area contributed by atoms with Crippen LogP contribution in [-0.4, -0.2) is 52.0 Å². The Hall–Kier alpha value is -2.32. The zero-order chi connectivity index (χ0) is 25.1. The summed E-state index contributed by atoms with van der Waals surface area (Å²) in [6, 6.07) is 0. The van der Waals surface area contributed by atoms with Crippen molar-refractivity contribution in [3.63, 3.8) is 0 Å². The monoisotopic (exact) mass is 473 g/mol. The fourth-order valence-electron chi connectivity index (χ4n) is 7.75. The number of ketones is 2. The van der Waals surface area contributed by atoms with E-state index in [9.17, 15) is 34.5 Å².